The minimum atomic E-state index is -0.626. The quantitative estimate of drug-likeness (QED) is 0.636. The van der Waals surface area contributed by atoms with Crippen LogP contribution in [0.5, 0.6) is 0 Å². The van der Waals surface area contributed by atoms with Crippen molar-refractivity contribution in [1.82, 2.24) is 9.88 Å². The molecule has 2 rings (SSSR count). The molecule has 2 heterocycles. The van der Waals surface area contributed by atoms with E-state index in [0.29, 0.717) is 0 Å². The Hall–Kier alpha value is -1.62. The van der Waals surface area contributed by atoms with Gasteiger partial charge in [-0.2, -0.15) is 0 Å². The Morgan fingerprint density at radius 1 is 1.38 bits per heavy atom. The third kappa shape index (κ3) is 3.73. The zero-order valence-electron chi connectivity index (χ0n) is 12.2. The molecule has 1 amide bonds. The summed E-state index contributed by atoms with van der Waals surface area (Å²) in [5.41, 5.74) is 0.173. The van der Waals surface area contributed by atoms with Crippen LogP contribution in [0.1, 0.15) is 43.5 Å². The molecule has 1 aromatic rings. The average Bonchev–Trinajstić information content (AvgIpc) is 2.45. The number of ether oxygens (including phenoxy) is 1. The van der Waals surface area contributed by atoms with Crippen LogP contribution in [0.15, 0.2) is 18.3 Å². The van der Waals surface area contributed by atoms with Crippen LogP contribution in [-0.2, 0) is 9.53 Å². The molecule has 0 N–H and O–H groups in total. The highest BCUT2D eigenvalue weighted by atomic mass is 35.5. The molecule has 2 atom stereocenters. The number of rotatable bonds is 3. The van der Waals surface area contributed by atoms with E-state index in [0.717, 1.165) is 19.3 Å². The summed E-state index contributed by atoms with van der Waals surface area (Å²) in [7, 11) is 0. The van der Waals surface area contributed by atoms with Crippen molar-refractivity contribution in [2.45, 2.75) is 45.2 Å². The molecule has 0 saturated carbocycles. The van der Waals surface area contributed by atoms with Gasteiger partial charge in [-0.25, -0.2) is 9.78 Å². The monoisotopic (exact) mass is 310 g/mol. The van der Waals surface area contributed by atoms with E-state index in [4.69, 9.17) is 16.3 Å². The summed E-state index contributed by atoms with van der Waals surface area (Å²) in [5.74, 6) is -0.790. The number of halogens is 1. The molecule has 0 unspecified atom stereocenters. The Morgan fingerprint density at radius 2 is 2.05 bits per heavy atom. The van der Waals surface area contributed by atoms with E-state index in [9.17, 15) is 9.59 Å². The highest BCUT2D eigenvalue weighted by Gasteiger charge is 2.29. The first-order valence-corrected chi connectivity index (χ1v) is 7.47. The number of carbonyl (C=O) groups is 2. The van der Waals surface area contributed by atoms with Gasteiger partial charge in [-0.1, -0.05) is 11.6 Å². The van der Waals surface area contributed by atoms with Gasteiger partial charge in [0.15, 0.2) is 6.61 Å². The topological polar surface area (TPSA) is 59.5 Å². The second-order valence-corrected chi connectivity index (χ2v) is 5.71. The van der Waals surface area contributed by atoms with Gasteiger partial charge >= 0.3 is 5.97 Å². The lowest BCUT2D eigenvalue weighted by molar-refractivity contribution is -0.140. The largest absolute Gasteiger partial charge is 0.452 e. The molecule has 1 fully saturated rings. The van der Waals surface area contributed by atoms with E-state index in [1.807, 2.05) is 18.7 Å². The molecule has 1 saturated heterocycles. The molecule has 0 bridgehead atoms. The first-order valence-electron chi connectivity index (χ1n) is 7.09. The predicted molar refractivity (Wildman–Crippen MR) is 79.2 cm³/mol. The maximum Gasteiger partial charge on any atom is 0.341 e. The van der Waals surface area contributed by atoms with Crippen LogP contribution in [0.2, 0.25) is 5.15 Å². The fraction of sp³-hybridized carbons (Fsp3) is 0.533. The van der Waals surface area contributed by atoms with E-state index >= 15 is 0 Å². The molecule has 114 valence electrons. The van der Waals surface area contributed by atoms with Crippen LogP contribution < -0.4 is 0 Å². The molecule has 0 aromatic carbocycles. The van der Waals surface area contributed by atoms with E-state index < -0.39 is 5.97 Å². The van der Waals surface area contributed by atoms with Crippen molar-refractivity contribution in [3.8, 4) is 0 Å². The van der Waals surface area contributed by atoms with Crippen molar-refractivity contribution < 1.29 is 14.3 Å². The minimum absolute atomic E-state index is 0.0784. The second kappa shape index (κ2) is 6.89. The number of likely N-dealkylation sites (tertiary alicyclic amines) is 1. The summed E-state index contributed by atoms with van der Waals surface area (Å²) in [6.07, 6.45) is 4.58. The standard InChI is InChI=1S/C15H19ClN2O3/c1-10-5-3-6-11(2)18(10)13(19)9-21-15(20)12-7-4-8-17-14(12)16/h4,7-8,10-11H,3,5-6,9H2,1-2H3/t10-,11-/m1/s1. The normalized spacial score (nSPS) is 22.0. The smallest absolute Gasteiger partial charge is 0.341 e. The molecule has 0 radical (unpaired) electrons. The number of esters is 1. The maximum absolute atomic E-state index is 12.2. The number of pyridine rings is 1. The number of aromatic nitrogens is 1. The zero-order valence-corrected chi connectivity index (χ0v) is 13.0. The predicted octanol–water partition coefficient (Wildman–Crippen LogP) is 2.68. The average molecular weight is 311 g/mol. The van der Waals surface area contributed by atoms with Crippen molar-refractivity contribution in [1.29, 1.82) is 0 Å². The fourth-order valence-corrected chi connectivity index (χ4v) is 2.93. The number of hydrogen-bond donors (Lipinski definition) is 0. The van der Waals surface area contributed by atoms with Crippen molar-refractivity contribution >= 4 is 23.5 Å². The van der Waals surface area contributed by atoms with Gasteiger partial charge in [0.2, 0.25) is 0 Å². The van der Waals surface area contributed by atoms with Crippen LogP contribution in [0.3, 0.4) is 0 Å². The number of hydrogen-bond acceptors (Lipinski definition) is 4. The first kappa shape index (κ1) is 15.8. The van der Waals surface area contributed by atoms with Gasteiger partial charge in [-0.15, -0.1) is 0 Å². The summed E-state index contributed by atoms with van der Waals surface area (Å²) >= 11 is 5.82. The van der Waals surface area contributed by atoms with E-state index in [1.165, 1.54) is 12.3 Å². The minimum Gasteiger partial charge on any atom is -0.452 e. The van der Waals surface area contributed by atoms with E-state index in [2.05, 4.69) is 4.98 Å². The van der Waals surface area contributed by atoms with Crippen LogP contribution in [-0.4, -0.2) is 40.5 Å². The Morgan fingerprint density at radius 3 is 2.67 bits per heavy atom. The lowest BCUT2D eigenvalue weighted by atomic mass is 9.97. The third-order valence-corrected chi connectivity index (χ3v) is 4.09. The maximum atomic E-state index is 12.2. The highest BCUT2D eigenvalue weighted by molar-refractivity contribution is 6.32. The van der Waals surface area contributed by atoms with Crippen LogP contribution in [0, 0.1) is 0 Å². The van der Waals surface area contributed by atoms with E-state index in [1.54, 1.807) is 6.07 Å². The van der Waals surface area contributed by atoms with Crippen molar-refractivity contribution in [2.75, 3.05) is 6.61 Å². The Labute approximate surface area is 129 Å². The van der Waals surface area contributed by atoms with Crippen molar-refractivity contribution in [2.24, 2.45) is 0 Å². The van der Waals surface area contributed by atoms with Gasteiger partial charge in [0.1, 0.15) is 5.15 Å². The molecule has 21 heavy (non-hydrogen) atoms. The number of amides is 1. The van der Waals surface area contributed by atoms with Gasteiger partial charge in [-0.3, -0.25) is 4.79 Å². The van der Waals surface area contributed by atoms with Gasteiger partial charge in [0, 0.05) is 18.3 Å². The summed E-state index contributed by atoms with van der Waals surface area (Å²) in [6.45, 7) is 3.78. The zero-order chi connectivity index (χ0) is 15.4. The molecule has 6 heteroatoms. The number of carbonyl (C=O) groups excluding carboxylic acids is 2. The van der Waals surface area contributed by atoms with Crippen molar-refractivity contribution in [3.63, 3.8) is 0 Å². The lowest BCUT2D eigenvalue weighted by Gasteiger charge is -2.38. The molecule has 1 aromatic heterocycles. The molecule has 5 nitrogen and oxygen atoms in total. The van der Waals surface area contributed by atoms with Crippen LogP contribution in [0.25, 0.3) is 0 Å². The Kier molecular flexibility index (Phi) is 5.17. The van der Waals surface area contributed by atoms with Crippen molar-refractivity contribution in [3.05, 3.63) is 29.0 Å². The van der Waals surface area contributed by atoms with Gasteiger partial charge in [0.25, 0.3) is 5.91 Å². The summed E-state index contributed by atoms with van der Waals surface area (Å²) in [4.78, 5) is 29.8. The highest BCUT2D eigenvalue weighted by Crippen LogP contribution is 2.22. The summed E-state index contributed by atoms with van der Waals surface area (Å²) < 4.78 is 5.07. The molecule has 1 aliphatic rings. The molecular weight excluding hydrogens is 292 g/mol. The fourth-order valence-electron chi connectivity index (χ4n) is 2.73. The van der Waals surface area contributed by atoms with Crippen LogP contribution in [0.4, 0.5) is 0 Å². The molecular formula is C15H19ClN2O3. The lowest BCUT2D eigenvalue weighted by Crippen LogP contribution is -2.49. The number of nitrogens with zero attached hydrogens (tertiary/aromatic N) is 2. The summed E-state index contributed by atoms with van der Waals surface area (Å²) in [5, 5.41) is 0.0784. The van der Waals surface area contributed by atoms with Gasteiger partial charge in [0.05, 0.1) is 5.56 Å². The molecule has 0 aliphatic carbocycles. The van der Waals surface area contributed by atoms with Crippen LogP contribution >= 0.6 is 11.6 Å². The first-order chi connectivity index (χ1) is 10.0. The van der Waals surface area contributed by atoms with Gasteiger partial charge < -0.3 is 9.64 Å². The summed E-state index contributed by atoms with van der Waals surface area (Å²) in [6, 6.07) is 3.48. The number of piperidine rings is 1. The second-order valence-electron chi connectivity index (χ2n) is 5.35. The molecule has 1 aliphatic heterocycles. The SMILES string of the molecule is C[C@@H]1CCC[C@@H](C)N1C(=O)COC(=O)c1cccnc1Cl. The van der Waals surface area contributed by atoms with Gasteiger partial charge in [-0.05, 0) is 45.2 Å². The Bertz CT molecular complexity index is 525. The molecule has 0 spiro atoms. The third-order valence-electron chi connectivity index (χ3n) is 3.79. The Balaban J connectivity index is 1.95. The van der Waals surface area contributed by atoms with E-state index in [-0.39, 0.29) is 35.3 Å².